The molecule has 4 nitrogen and oxygen atoms in total. The van der Waals surface area contributed by atoms with E-state index < -0.39 is 0 Å². The molecule has 0 aliphatic carbocycles. The Morgan fingerprint density at radius 1 is 1.04 bits per heavy atom. The number of nitrogens with zero attached hydrogens (tertiary/aromatic N) is 4. The van der Waals surface area contributed by atoms with E-state index in [1.54, 1.807) is 0 Å². The van der Waals surface area contributed by atoms with Crippen molar-refractivity contribution in [1.82, 2.24) is 14.5 Å². The van der Waals surface area contributed by atoms with E-state index in [-0.39, 0.29) is 12.1 Å². The van der Waals surface area contributed by atoms with Crippen LogP contribution in [0.1, 0.15) is 36.8 Å². The van der Waals surface area contributed by atoms with Crippen molar-refractivity contribution in [1.29, 1.82) is 0 Å². The van der Waals surface area contributed by atoms with Gasteiger partial charge in [0.2, 0.25) is 0 Å². The van der Waals surface area contributed by atoms with Gasteiger partial charge < -0.3 is 9.47 Å². The fourth-order valence-corrected chi connectivity index (χ4v) is 5.47. The average molecular weight is 375 g/mol. The number of fused-ring (bicyclic) bond motifs is 1. The standard InChI is InChI=1S/C22H22N4S/c1-2-16-15-27-22-24-20(18-11-6-7-13-23-18)21(26(16)22)19-12-8-14-25(19)17-9-4-3-5-10-17/h3-14,16,20-21H,2,15H2,1H3/t16-,20+,21+/m0/s1. The van der Waals surface area contributed by atoms with Crippen molar-refractivity contribution in [3.63, 3.8) is 0 Å². The second-order valence-electron chi connectivity index (χ2n) is 6.97. The number of hydrogen-bond donors (Lipinski definition) is 0. The number of aromatic nitrogens is 2. The molecule has 3 aromatic rings. The van der Waals surface area contributed by atoms with Gasteiger partial charge in [-0.1, -0.05) is 43.0 Å². The molecule has 0 spiro atoms. The summed E-state index contributed by atoms with van der Waals surface area (Å²) in [5.41, 5.74) is 3.50. The van der Waals surface area contributed by atoms with Crippen molar-refractivity contribution in [2.75, 3.05) is 5.75 Å². The highest BCUT2D eigenvalue weighted by Gasteiger charge is 2.46. The quantitative estimate of drug-likeness (QED) is 0.654. The molecule has 0 bridgehead atoms. The van der Waals surface area contributed by atoms with Crippen LogP contribution < -0.4 is 0 Å². The molecule has 2 aliphatic rings. The third-order valence-corrected chi connectivity index (χ3v) is 6.57. The summed E-state index contributed by atoms with van der Waals surface area (Å²) in [6.07, 6.45) is 5.16. The molecule has 4 heterocycles. The Morgan fingerprint density at radius 3 is 2.67 bits per heavy atom. The second kappa shape index (κ2) is 6.89. The molecular weight excluding hydrogens is 352 g/mol. The third kappa shape index (κ3) is 2.77. The van der Waals surface area contributed by atoms with Crippen LogP contribution in [0.4, 0.5) is 0 Å². The number of thioether (sulfide) groups is 1. The van der Waals surface area contributed by atoms with Crippen LogP contribution in [0.2, 0.25) is 0 Å². The summed E-state index contributed by atoms with van der Waals surface area (Å²) in [5, 5.41) is 1.17. The Balaban J connectivity index is 1.63. The van der Waals surface area contributed by atoms with Crippen LogP contribution >= 0.6 is 11.8 Å². The number of rotatable bonds is 4. The van der Waals surface area contributed by atoms with Gasteiger partial charge in [0.1, 0.15) is 12.1 Å². The SMILES string of the molecule is CC[C@H]1CSC2=N[C@H](c3ccccn3)[C@@H](c3cccn3-c3ccccc3)N21. The van der Waals surface area contributed by atoms with Crippen molar-refractivity contribution < 1.29 is 0 Å². The molecule has 1 saturated heterocycles. The van der Waals surface area contributed by atoms with Crippen LogP contribution in [0, 0.1) is 0 Å². The van der Waals surface area contributed by atoms with E-state index in [4.69, 9.17) is 4.99 Å². The minimum Gasteiger partial charge on any atom is -0.337 e. The maximum absolute atomic E-state index is 5.12. The van der Waals surface area contributed by atoms with Gasteiger partial charge in [0.05, 0.1) is 5.69 Å². The average Bonchev–Trinajstić information content (AvgIpc) is 3.44. The fourth-order valence-electron chi connectivity index (χ4n) is 4.13. The van der Waals surface area contributed by atoms with E-state index in [0.29, 0.717) is 6.04 Å². The molecule has 0 unspecified atom stereocenters. The second-order valence-corrected chi connectivity index (χ2v) is 7.96. The lowest BCUT2D eigenvalue weighted by Gasteiger charge is -2.32. The Bertz CT molecular complexity index is 951. The fraction of sp³-hybridized carbons (Fsp3) is 0.273. The molecule has 1 aromatic carbocycles. The Kier molecular flexibility index (Phi) is 4.24. The van der Waals surface area contributed by atoms with Crippen molar-refractivity contribution in [3.05, 3.63) is 84.4 Å². The van der Waals surface area contributed by atoms with Crippen molar-refractivity contribution in [3.8, 4) is 5.69 Å². The molecule has 0 N–H and O–H groups in total. The lowest BCUT2D eigenvalue weighted by atomic mass is 9.99. The van der Waals surface area contributed by atoms with Crippen molar-refractivity contribution >= 4 is 16.9 Å². The van der Waals surface area contributed by atoms with Crippen LogP contribution in [0.5, 0.6) is 0 Å². The summed E-state index contributed by atoms with van der Waals surface area (Å²) in [7, 11) is 0. The van der Waals surface area contributed by atoms with Crippen LogP contribution in [0.3, 0.4) is 0 Å². The van der Waals surface area contributed by atoms with E-state index in [1.165, 1.54) is 16.5 Å². The van der Waals surface area contributed by atoms with Gasteiger partial charge in [0, 0.05) is 35.6 Å². The van der Waals surface area contributed by atoms with Gasteiger partial charge >= 0.3 is 0 Å². The monoisotopic (exact) mass is 374 g/mol. The summed E-state index contributed by atoms with van der Waals surface area (Å²) in [5.74, 6) is 1.12. The molecule has 2 aliphatic heterocycles. The first-order chi connectivity index (χ1) is 13.4. The maximum Gasteiger partial charge on any atom is 0.160 e. The summed E-state index contributed by atoms with van der Waals surface area (Å²) < 4.78 is 2.30. The molecule has 0 radical (unpaired) electrons. The van der Waals surface area contributed by atoms with Crippen LogP contribution in [-0.4, -0.2) is 31.4 Å². The first kappa shape index (κ1) is 16.6. The molecule has 136 valence electrons. The molecule has 2 aromatic heterocycles. The van der Waals surface area contributed by atoms with E-state index >= 15 is 0 Å². The van der Waals surface area contributed by atoms with Crippen molar-refractivity contribution in [2.24, 2.45) is 4.99 Å². The van der Waals surface area contributed by atoms with Gasteiger partial charge in [0.25, 0.3) is 0 Å². The summed E-state index contributed by atoms with van der Waals surface area (Å²) in [4.78, 5) is 12.3. The first-order valence-corrected chi connectivity index (χ1v) is 10.5. The van der Waals surface area contributed by atoms with Crippen LogP contribution in [0.25, 0.3) is 5.69 Å². The Morgan fingerprint density at radius 2 is 1.89 bits per heavy atom. The molecule has 5 rings (SSSR count). The molecule has 0 saturated carbocycles. The van der Waals surface area contributed by atoms with Gasteiger partial charge in [-0.25, -0.2) is 0 Å². The Hall–Kier alpha value is -2.53. The topological polar surface area (TPSA) is 33.4 Å². The van der Waals surface area contributed by atoms with Gasteiger partial charge in [0.15, 0.2) is 5.17 Å². The van der Waals surface area contributed by atoms with Gasteiger partial charge in [-0.2, -0.15) is 0 Å². The molecule has 0 amide bonds. The zero-order valence-electron chi connectivity index (χ0n) is 15.3. The van der Waals surface area contributed by atoms with E-state index in [9.17, 15) is 0 Å². The van der Waals surface area contributed by atoms with Gasteiger partial charge in [-0.05, 0) is 42.8 Å². The van der Waals surface area contributed by atoms with E-state index in [1.807, 2.05) is 24.0 Å². The normalized spacial score (nSPS) is 24.1. The highest BCUT2D eigenvalue weighted by atomic mass is 32.2. The lowest BCUT2D eigenvalue weighted by Crippen LogP contribution is -2.36. The van der Waals surface area contributed by atoms with E-state index in [2.05, 4.69) is 82.2 Å². The van der Waals surface area contributed by atoms with Gasteiger partial charge in [-0.3, -0.25) is 9.98 Å². The predicted octanol–water partition coefficient (Wildman–Crippen LogP) is 4.85. The minimum atomic E-state index is 0.0282. The predicted molar refractivity (Wildman–Crippen MR) is 111 cm³/mol. The summed E-state index contributed by atoms with van der Waals surface area (Å²) in [6.45, 7) is 2.27. The number of amidine groups is 1. The van der Waals surface area contributed by atoms with Gasteiger partial charge in [-0.15, -0.1) is 0 Å². The number of aliphatic imine (C=N–C) groups is 1. The van der Waals surface area contributed by atoms with Crippen molar-refractivity contribution in [2.45, 2.75) is 31.5 Å². The number of hydrogen-bond acceptors (Lipinski definition) is 4. The molecule has 27 heavy (non-hydrogen) atoms. The third-order valence-electron chi connectivity index (χ3n) is 5.45. The first-order valence-electron chi connectivity index (χ1n) is 9.49. The largest absolute Gasteiger partial charge is 0.337 e. The minimum absolute atomic E-state index is 0.0282. The lowest BCUT2D eigenvalue weighted by molar-refractivity contribution is 0.249. The summed E-state index contributed by atoms with van der Waals surface area (Å²) >= 11 is 1.89. The van der Waals surface area contributed by atoms with E-state index in [0.717, 1.165) is 17.9 Å². The molecule has 5 heteroatoms. The molecule has 1 fully saturated rings. The highest BCUT2D eigenvalue weighted by molar-refractivity contribution is 8.14. The zero-order chi connectivity index (χ0) is 18.2. The molecule has 3 atom stereocenters. The van der Waals surface area contributed by atoms with Crippen LogP contribution in [-0.2, 0) is 0 Å². The van der Waals surface area contributed by atoms with Crippen LogP contribution in [0.15, 0.2) is 78.0 Å². The number of para-hydroxylation sites is 1. The number of benzene rings is 1. The highest BCUT2D eigenvalue weighted by Crippen LogP contribution is 2.48. The summed E-state index contributed by atoms with van der Waals surface area (Å²) in [6, 6.07) is 21.8. The maximum atomic E-state index is 5.12. The molecular formula is C22H22N4S. The smallest absolute Gasteiger partial charge is 0.160 e. The zero-order valence-corrected chi connectivity index (χ0v) is 16.1. The Labute approximate surface area is 164 Å². The number of pyridine rings is 1.